The third-order valence-corrected chi connectivity index (χ3v) is 4.61. The first-order valence-electron chi connectivity index (χ1n) is 8.24. The Morgan fingerprint density at radius 1 is 1.35 bits per heavy atom. The molecule has 7 heteroatoms. The van der Waals surface area contributed by atoms with E-state index in [9.17, 15) is 4.79 Å². The van der Waals surface area contributed by atoms with Gasteiger partial charge in [0, 0.05) is 18.3 Å². The number of hydrogen-bond acceptors (Lipinski definition) is 4. The molecular formula is C16H20N6O. The molecule has 1 fully saturated rings. The van der Waals surface area contributed by atoms with Gasteiger partial charge in [-0.05, 0) is 25.3 Å². The Morgan fingerprint density at radius 2 is 2.17 bits per heavy atom. The van der Waals surface area contributed by atoms with Gasteiger partial charge in [0.05, 0.1) is 11.7 Å². The lowest BCUT2D eigenvalue weighted by molar-refractivity contribution is 0.474. The molecular weight excluding hydrogens is 292 g/mol. The summed E-state index contributed by atoms with van der Waals surface area (Å²) in [5.41, 5.74) is 2.40. The molecule has 0 bridgehead atoms. The summed E-state index contributed by atoms with van der Waals surface area (Å²) in [5.74, 6) is 0.647. The molecule has 0 amide bonds. The molecule has 1 saturated carbocycles. The van der Waals surface area contributed by atoms with Gasteiger partial charge in [-0.25, -0.2) is 9.67 Å². The Hall–Kier alpha value is -2.44. The standard InChI is InChI=1S/C16H20N6O/c1-2-12-14-15(22(21-12)11-5-3-4-6-11)18-13(19-16(14)23)9-10-7-8-17-20-10/h7-8,11H,2-6,9H2,1H3,(H,17,20)(H,18,19,23). The van der Waals surface area contributed by atoms with Crippen LogP contribution in [-0.4, -0.2) is 29.9 Å². The van der Waals surface area contributed by atoms with Crippen molar-refractivity contribution in [3.05, 3.63) is 39.8 Å². The highest BCUT2D eigenvalue weighted by atomic mass is 16.1. The Morgan fingerprint density at radius 3 is 2.87 bits per heavy atom. The van der Waals surface area contributed by atoms with Crippen LogP contribution < -0.4 is 5.56 Å². The number of nitrogens with one attached hydrogen (secondary N) is 2. The van der Waals surface area contributed by atoms with E-state index < -0.39 is 0 Å². The quantitative estimate of drug-likeness (QED) is 0.771. The Labute approximate surface area is 133 Å². The molecule has 0 aromatic carbocycles. The maximum absolute atomic E-state index is 12.6. The summed E-state index contributed by atoms with van der Waals surface area (Å²) >= 11 is 0. The van der Waals surface area contributed by atoms with Crippen LogP contribution in [0.25, 0.3) is 11.0 Å². The second-order valence-electron chi connectivity index (χ2n) is 6.15. The molecule has 1 aliphatic rings. The van der Waals surface area contributed by atoms with Crippen LogP contribution in [0.5, 0.6) is 0 Å². The van der Waals surface area contributed by atoms with Crippen LogP contribution in [0.4, 0.5) is 0 Å². The maximum atomic E-state index is 12.6. The minimum Gasteiger partial charge on any atom is -0.310 e. The number of aromatic amines is 2. The molecule has 120 valence electrons. The molecule has 3 aromatic rings. The van der Waals surface area contributed by atoms with Crippen LogP contribution in [0, 0.1) is 0 Å². The molecule has 0 radical (unpaired) electrons. The highest BCUT2D eigenvalue weighted by molar-refractivity contribution is 5.77. The van der Waals surface area contributed by atoms with E-state index in [4.69, 9.17) is 10.1 Å². The summed E-state index contributed by atoms with van der Waals surface area (Å²) in [4.78, 5) is 20.2. The summed E-state index contributed by atoms with van der Waals surface area (Å²) in [6, 6.07) is 2.25. The predicted molar refractivity (Wildman–Crippen MR) is 86.4 cm³/mol. The SMILES string of the molecule is CCc1nn(C2CCCC2)c2nc(Cc3ccn[nH]3)[nH]c(=O)c12. The van der Waals surface area contributed by atoms with E-state index in [2.05, 4.69) is 15.2 Å². The number of aromatic nitrogens is 6. The fourth-order valence-corrected chi connectivity index (χ4v) is 3.46. The Balaban J connectivity index is 1.85. The van der Waals surface area contributed by atoms with E-state index in [-0.39, 0.29) is 5.56 Å². The third-order valence-electron chi connectivity index (χ3n) is 4.61. The van der Waals surface area contributed by atoms with Crippen molar-refractivity contribution < 1.29 is 0 Å². The molecule has 0 unspecified atom stereocenters. The average molecular weight is 312 g/mol. The average Bonchev–Trinajstić information content (AvgIpc) is 3.27. The number of aryl methyl sites for hydroxylation is 1. The van der Waals surface area contributed by atoms with Gasteiger partial charge < -0.3 is 4.98 Å². The monoisotopic (exact) mass is 312 g/mol. The van der Waals surface area contributed by atoms with Crippen LogP contribution in [-0.2, 0) is 12.8 Å². The second kappa shape index (κ2) is 5.64. The molecule has 2 N–H and O–H groups in total. The van der Waals surface area contributed by atoms with Crippen LogP contribution in [0.3, 0.4) is 0 Å². The molecule has 3 aromatic heterocycles. The minimum absolute atomic E-state index is 0.0920. The molecule has 4 rings (SSSR count). The topological polar surface area (TPSA) is 92.2 Å². The zero-order valence-electron chi connectivity index (χ0n) is 13.2. The van der Waals surface area contributed by atoms with Crippen molar-refractivity contribution >= 4 is 11.0 Å². The highest BCUT2D eigenvalue weighted by Gasteiger charge is 2.24. The fraction of sp³-hybridized carbons (Fsp3) is 0.500. The van der Waals surface area contributed by atoms with Crippen molar-refractivity contribution in [1.82, 2.24) is 29.9 Å². The molecule has 0 spiro atoms. The fourth-order valence-electron chi connectivity index (χ4n) is 3.46. The van der Waals surface area contributed by atoms with E-state index >= 15 is 0 Å². The van der Waals surface area contributed by atoms with Crippen LogP contribution >= 0.6 is 0 Å². The number of rotatable bonds is 4. The number of H-pyrrole nitrogens is 2. The van der Waals surface area contributed by atoms with Gasteiger partial charge >= 0.3 is 0 Å². The van der Waals surface area contributed by atoms with Crippen LogP contribution in [0.1, 0.15) is 55.9 Å². The van der Waals surface area contributed by atoms with E-state index in [1.807, 2.05) is 17.7 Å². The van der Waals surface area contributed by atoms with Crippen LogP contribution in [0.15, 0.2) is 17.1 Å². The summed E-state index contributed by atoms with van der Waals surface area (Å²) in [6.45, 7) is 2.03. The van der Waals surface area contributed by atoms with E-state index in [0.29, 0.717) is 23.7 Å². The van der Waals surface area contributed by atoms with Gasteiger partial charge in [-0.2, -0.15) is 10.2 Å². The van der Waals surface area contributed by atoms with Crippen molar-refractivity contribution in [2.24, 2.45) is 0 Å². The van der Waals surface area contributed by atoms with Crippen LogP contribution in [0.2, 0.25) is 0 Å². The number of nitrogens with zero attached hydrogens (tertiary/aromatic N) is 4. The third kappa shape index (κ3) is 2.46. The molecule has 0 saturated heterocycles. The summed E-state index contributed by atoms with van der Waals surface area (Å²) < 4.78 is 1.99. The van der Waals surface area contributed by atoms with Gasteiger partial charge in [-0.15, -0.1) is 0 Å². The molecule has 3 heterocycles. The van der Waals surface area contributed by atoms with Gasteiger partial charge in [0.15, 0.2) is 5.65 Å². The van der Waals surface area contributed by atoms with Gasteiger partial charge in [0.2, 0.25) is 0 Å². The highest BCUT2D eigenvalue weighted by Crippen LogP contribution is 2.31. The minimum atomic E-state index is -0.0920. The first-order chi connectivity index (χ1) is 11.3. The summed E-state index contributed by atoms with van der Waals surface area (Å²) in [5, 5.41) is 12.2. The Bertz CT molecular complexity index is 870. The molecule has 0 aliphatic heterocycles. The lowest BCUT2D eigenvalue weighted by Crippen LogP contribution is -2.14. The maximum Gasteiger partial charge on any atom is 0.262 e. The smallest absolute Gasteiger partial charge is 0.262 e. The first-order valence-corrected chi connectivity index (χ1v) is 8.24. The Kier molecular flexibility index (Phi) is 3.48. The predicted octanol–water partition coefficient (Wildman–Crippen LogP) is 2.11. The van der Waals surface area contributed by atoms with Gasteiger partial charge in [0.25, 0.3) is 5.56 Å². The van der Waals surface area contributed by atoms with E-state index in [1.54, 1.807) is 6.20 Å². The molecule has 1 aliphatic carbocycles. The molecule has 7 nitrogen and oxygen atoms in total. The van der Waals surface area contributed by atoms with Gasteiger partial charge in [-0.1, -0.05) is 19.8 Å². The number of hydrogen-bond donors (Lipinski definition) is 2. The van der Waals surface area contributed by atoms with E-state index in [0.717, 1.165) is 36.3 Å². The lowest BCUT2D eigenvalue weighted by Gasteiger charge is -2.10. The van der Waals surface area contributed by atoms with Gasteiger partial charge in [0.1, 0.15) is 11.2 Å². The zero-order chi connectivity index (χ0) is 15.8. The van der Waals surface area contributed by atoms with E-state index in [1.165, 1.54) is 12.8 Å². The largest absolute Gasteiger partial charge is 0.310 e. The van der Waals surface area contributed by atoms with Crippen molar-refractivity contribution in [3.63, 3.8) is 0 Å². The van der Waals surface area contributed by atoms with Crippen molar-refractivity contribution in [3.8, 4) is 0 Å². The summed E-state index contributed by atoms with van der Waals surface area (Å²) in [6.07, 6.45) is 7.64. The first kappa shape index (κ1) is 14.2. The van der Waals surface area contributed by atoms with Gasteiger partial charge in [-0.3, -0.25) is 9.89 Å². The second-order valence-corrected chi connectivity index (χ2v) is 6.15. The number of fused-ring (bicyclic) bond motifs is 1. The van der Waals surface area contributed by atoms with Crippen molar-refractivity contribution in [2.45, 2.75) is 51.5 Å². The molecule has 23 heavy (non-hydrogen) atoms. The van der Waals surface area contributed by atoms with Crippen molar-refractivity contribution in [1.29, 1.82) is 0 Å². The molecule has 0 atom stereocenters. The summed E-state index contributed by atoms with van der Waals surface area (Å²) in [7, 11) is 0. The normalized spacial score (nSPS) is 15.7. The zero-order valence-corrected chi connectivity index (χ0v) is 13.2. The lowest BCUT2D eigenvalue weighted by atomic mass is 10.2. The van der Waals surface area contributed by atoms with Crippen molar-refractivity contribution in [2.75, 3.05) is 0 Å².